The number of carbonyl (C=O) groups excluding carboxylic acids is 1. The number of nitrogens with two attached hydrogens (primary N) is 1. The first-order valence-corrected chi connectivity index (χ1v) is 12.8. The number of hydrogen-bond donors (Lipinski definition) is 4. The van der Waals surface area contributed by atoms with Gasteiger partial charge in [0.2, 0.25) is 17.8 Å². The lowest BCUT2D eigenvalue weighted by Gasteiger charge is -2.29. The number of anilines is 3. The first-order chi connectivity index (χ1) is 16.8. The second-order valence-corrected chi connectivity index (χ2v) is 10.5. The Morgan fingerprint density at radius 1 is 1.06 bits per heavy atom. The van der Waals surface area contributed by atoms with E-state index in [-0.39, 0.29) is 23.9 Å². The van der Waals surface area contributed by atoms with Gasteiger partial charge in [-0.3, -0.25) is 9.36 Å². The zero-order chi connectivity index (χ0) is 24.7. The van der Waals surface area contributed by atoms with Crippen molar-refractivity contribution in [2.75, 3.05) is 10.6 Å². The van der Waals surface area contributed by atoms with Gasteiger partial charge in [0.05, 0.1) is 34.1 Å². The molecule has 2 heterocycles. The first kappa shape index (κ1) is 24.4. The molecule has 35 heavy (non-hydrogen) atoms. The van der Waals surface area contributed by atoms with Gasteiger partial charge < -0.3 is 21.5 Å². The highest BCUT2D eigenvalue weighted by Crippen LogP contribution is 2.40. The van der Waals surface area contributed by atoms with Crippen LogP contribution >= 0.6 is 34.8 Å². The number of amides is 1. The number of fused-ring (bicyclic) bond motifs is 1. The fourth-order valence-electron chi connectivity index (χ4n) is 5.06. The number of nitrogens with one attached hydrogen (secondary N) is 2. The summed E-state index contributed by atoms with van der Waals surface area (Å²) in [5.41, 5.74) is 7.28. The molecule has 2 saturated carbocycles. The van der Waals surface area contributed by atoms with Crippen molar-refractivity contribution in [3.05, 3.63) is 33.4 Å². The Labute approximate surface area is 217 Å². The highest BCUT2D eigenvalue weighted by Gasteiger charge is 2.30. The summed E-state index contributed by atoms with van der Waals surface area (Å²) in [6.07, 6.45) is 6.67. The molecule has 5 rings (SSSR count). The van der Waals surface area contributed by atoms with Gasteiger partial charge in [-0.2, -0.15) is 4.98 Å². The summed E-state index contributed by atoms with van der Waals surface area (Å²) in [6, 6.07) is 3.16. The molecule has 1 aromatic carbocycles. The van der Waals surface area contributed by atoms with Crippen LogP contribution in [-0.4, -0.2) is 42.7 Å². The Hall–Kier alpha value is -2.33. The maximum Gasteiger partial charge on any atom is 0.225 e. The summed E-state index contributed by atoms with van der Waals surface area (Å²) in [4.78, 5) is 25.6. The number of halogens is 3. The monoisotopic (exact) mass is 537 g/mol. The van der Waals surface area contributed by atoms with Crippen molar-refractivity contribution in [2.45, 2.75) is 63.1 Å². The number of aliphatic hydroxyl groups excluding tert-OH is 1. The lowest BCUT2D eigenvalue weighted by atomic mass is 9.85. The van der Waals surface area contributed by atoms with Gasteiger partial charge in [-0.25, -0.2) is 9.97 Å². The van der Waals surface area contributed by atoms with Crippen molar-refractivity contribution in [3.8, 4) is 0 Å². The minimum absolute atomic E-state index is 0.0303. The molecule has 12 heteroatoms. The maximum absolute atomic E-state index is 11.7. The number of carbonyl (C=O) groups is 1. The van der Waals surface area contributed by atoms with Crippen LogP contribution in [0.15, 0.2) is 18.3 Å². The molecule has 2 aromatic heterocycles. The third-order valence-corrected chi connectivity index (χ3v) is 7.75. The van der Waals surface area contributed by atoms with Gasteiger partial charge in [-0.1, -0.05) is 34.8 Å². The summed E-state index contributed by atoms with van der Waals surface area (Å²) in [6.45, 7) is 0. The molecule has 9 nitrogen and oxygen atoms in total. The van der Waals surface area contributed by atoms with Crippen molar-refractivity contribution >= 4 is 69.5 Å². The van der Waals surface area contributed by atoms with E-state index >= 15 is 0 Å². The van der Waals surface area contributed by atoms with Crippen LogP contribution in [0.4, 0.5) is 17.6 Å². The molecule has 0 saturated heterocycles. The predicted octanol–water partition coefficient (Wildman–Crippen LogP) is 5.07. The summed E-state index contributed by atoms with van der Waals surface area (Å²) in [7, 11) is 0. The molecule has 0 aliphatic heterocycles. The van der Waals surface area contributed by atoms with Gasteiger partial charge in [0, 0.05) is 17.0 Å². The van der Waals surface area contributed by atoms with E-state index in [0.29, 0.717) is 56.7 Å². The van der Waals surface area contributed by atoms with Crippen molar-refractivity contribution in [1.29, 1.82) is 0 Å². The fraction of sp³-hybridized carbons (Fsp3) is 0.478. The minimum atomic E-state index is -0.422. The first-order valence-electron chi connectivity index (χ1n) is 11.7. The molecule has 3 aromatic rings. The number of imidazole rings is 1. The molecule has 2 atom stereocenters. The third-order valence-electron chi connectivity index (χ3n) is 6.93. The van der Waals surface area contributed by atoms with E-state index in [1.165, 1.54) is 0 Å². The minimum Gasteiger partial charge on any atom is -0.391 e. The van der Waals surface area contributed by atoms with Crippen molar-refractivity contribution in [1.82, 2.24) is 19.5 Å². The normalized spacial score (nSPS) is 24.6. The Kier molecular flexibility index (Phi) is 6.94. The average Bonchev–Trinajstić information content (AvgIpc) is 3.38. The summed E-state index contributed by atoms with van der Waals surface area (Å²) < 4.78 is 2.02. The van der Waals surface area contributed by atoms with Gasteiger partial charge in [-0.05, 0) is 57.1 Å². The summed E-state index contributed by atoms with van der Waals surface area (Å²) in [5.74, 6) is 0.555. The molecule has 186 valence electrons. The van der Waals surface area contributed by atoms with Crippen molar-refractivity contribution < 1.29 is 9.90 Å². The lowest BCUT2D eigenvalue weighted by Crippen LogP contribution is -2.29. The van der Waals surface area contributed by atoms with Gasteiger partial charge >= 0.3 is 0 Å². The number of rotatable bonds is 6. The largest absolute Gasteiger partial charge is 0.391 e. The van der Waals surface area contributed by atoms with Crippen LogP contribution in [0, 0.1) is 5.92 Å². The van der Waals surface area contributed by atoms with Crippen LogP contribution in [0.2, 0.25) is 15.1 Å². The molecule has 2 aliphatic rings. The fourth-order valence-corrected chi connectivity index (χ4v) is 5.97. The van der Waals surface area contributed by atoms with Crippen LogP contribution in [0.3, 0.4) is 0 Å². The molecule has 0 bridgehead atoms. The molecular formula is C23H26Cl3N7O2. The highest BCUT2D eigenvalue weighted by molar-refractivity contribution is 6.41. The van der Waals surface area contributed by atoms with E-state index in [9.17, 15) is 9.90 Å². The average molecular weight is 539 g/mol. The maximum atomic E-state index is 11.7. The second-order valence-electron chi connectivity index (χ2n) is 9.23. The molecule has 2 aliphatic carbocycles. The number of aliphatic hydroxyl groups is 1. The second kappa shape index (κ2) is 9.97. The third kappa shape index (κ3) is 5.00. The molecule has 1 amide bonds. The number of benzene rings is 1. The van der Waals surface area contributed by atoms with E-state index in [1.807, 2.05) is 4.57 Å². The molecular weight excluding hydrogens is 513 g/mol. The van der Waals surface area contributed by atoms with Crippen molar-refractivity contribution in [2.24, 2.45) is 11.7 Å². The summed E-state index contributed by atoms with van der Waals surface area (Å²) in [5, 5.41) is 17.9. The smallest absolute Gasteiger partial charge is 0.225 e. The van der Waals surface area contributed by atoms with E-state index in [1.54, 1.807) is 18.3 Å². The van der Waals surface area contributed by atoms with E-state index in [2.05, 4.69) is 15.6 Å². The standard InChI is InChI=1S/C23H26Cl3N7O2/c24-12-8-14(25)19(15(26)9-12)31-23-30-17-10-28-22(29-16-2-1-3-18(16)34)32-21(17)33(23)13-6-4-11(5-7-13)20(27)35/h8-11,13,16,18,34H,1-7H2,(H2,27,35)(H,30,31)(H,28,29,32)/t11-,13-,16-,18-/m1/s1. The Morgan fingerprint density at radius 2 is 1.77 bits per heavy atom. The predicted molar refractivity (Wildman–Crippen MR) is 138 cm³/mol. The SMILES string of the molecule is NC(=O)[C@H]1CC[C@H](n2c(Nc3c(Cl)cc(Cl)cc3Cl)nc3cnc(N[C@@H]4CCC[C@H]4O)nc32)CC1. The number of aromatic nitrogens is 4. The quantitative estimate of drug-likeness (QED) is 0.344. The Morgan fingerprint density at radius 3 is 2.40 bits per heavy atom. The Bertz CT molecular complexity index is 1240. The van der Waals surface area contributed by atoms with Crippen LogP contribution in [0.25, 0.3) is 11.2 Å². The zero-order valence-corrected chi connectivity index (χ0v) is 21.1. The summed E-state index contributed by atoms with van der Waals surface area (Å²) >= 11 is 18.9. The van der Waals surface area contributed by atoms with Gasteiger partial charge in [0.25, 0.3) is 0 Å². The topological polar surface area (TPSA) is 131 Å². The molecule has 0 spiro atoms. The Balaban J connectivity index is 1.54. The molecule has 2 fully saturated rings. The van der Waals surface area contributed by atoms with Crippen molar-refractivity contribution in [3.63, 3.8) is 0 Å². The van der Waals surface area contributed by atoms with Gasteiger partial charge in [0.1, 0.15) is 5.52 Å². The van der Waals surface area contributed by atoms with Crippen LogP contribution < -0.4 is 16.4 Å². The van der Waals surface area contributed by atoms with Gasteiger partial charge in [0.15, 0.2) is 5.65 Å². The molecule has 5 N–H and O–H groups in total. The van der Waals surface area contributed by atoms with E-state index in [0.717, 1.165) is 32.1 Å². The van der Waals surface area contributed by atoms with Crippen LogP contribution in [-0.2, 0) is 4.79 Å². The highest BCUT2D eigenvalue weighted by atomic mass is 35.5. The van der Waals surface area contributed by atoms with Crippen LogP contribution in [0.5, 0.6) is 0 Å². The van der Waals surface area contributed by atoms with Crippen LogP contribution in [0.1, 0.15) is 51.0 Å². The zero-order valence-electron chi connectivity index (χ0n) is 18.8. The number of primary amides is 1. The molecule has 0 unspecified atom stereocenters. The number of nitrogens with zero attached hydrogens (tertiary/aromatic N) is 4. The van der Waals surface area contributed by atoms with E-state index in [4.69, 9.17) is 50.5 Å². The lowest BCUT2D eigenvalue weighted by molar-refractivity contribution is -0.122. The van der Waals surface area contributed by atoms with E-state index < -0.39 is 6.10 Å². The number of hydrogen-bond acceptors (Lipinski definition) is 7. The molecule has 0 radical (unpaired) electrons. The van der Waals surface area contributed by atoms with Gasteiger partial charge in [-0.15, -0.1) is 0 Å².